The van der Waals surface area contributed by atoms with Crippen molar-refractivity contribution in [3.63, 3.8) is 0 Å². The summed E-state index contributed by atoms with van der Waals surface area (Å²) in [6, 6.07) is 4.97. The Morgan fingerprint density at radius 1 is 1.35 bits per heavy atom. The van der Waals surface area contributed by atoms with Crippen LogP contribution < -0.4 is 4.74 Å². The van der Waals surface area contributed by atoms with Gasteiger partial charge in [-0.1, -0.05) is 6.07 Å². The first-order valence-electron chi connectivity index (χ1n) is 6.40. The van der Waals surface area contributed by atoms with Gasteiger partial charge in [0.2, 0.25) is 10.0 Å². The lowest BCUT2D eigenvalue weighted by Crippen LogP contribution is -2.33. The molecular weight excluding hydrogens is 302 g/mol. The SMILES string of the molecule is COc1ccc(CCl)cc1S(=O)(=O)N1CCCOCC1. The van der Waals surface area contributed by atoms with Gasteiger partial charge in [-0.2, -0.15) is 4.31 Å². The third-order valence-electron chi connectivity index (χ3n) is 3.18. The normalized spacial score (nSPS) is 17.7. The summed E-state index contributed by atoms with van der Waals surface area (Å²) in [4.78, 5) is 0.167. The summed E-state index contributed by atoms with van der Waals surface area (Å²) in [5.41, 5.74) is 0.747. The molecule has 0 amide bonds. The summed E-state index contributed by atoms with van der Waals surface area (Å²) in [5.74, 6) is 0.597. The third kappa shape index (κ3) is 3.25. The van der Waals surface area contributed by atoms with Gasteiger partial charge < -0.3 is 9.47 Å². The Morgan fingerprint density at radius 3 is 2.85 bits per heavy atom. The predicted octanol–water partition coefficient (Wildman–Crippen LogP) is 1.85. The van der Waals surface area contributed by atoms with Gasteiger partial charge in [0, 0.05) is 25.6 Å². The molecule has 20 heavy (non-hydrogen) atoms. The zero-order chi connectivity index (χ0) is 14.6. The Bertz CT molecular complexity index is 553. The van der Waals surface area contributed by atoms with Crippen molar-refractivity contribution in [2.24, 2.45) is 0 Å². The summed E-state index contributed by atoms with van der Waals surface area (Å²) in [6.07, 6.45) is 0.691. The van der Waals surface area contributed by atoms with E-state index in [1.54, 1.807) is 18.2 Å². The van der Waals surface area contributed by atoms with Crippen molar-refractivity contribution in [3.8, 4) is 5.75 Å². The van der Waals surface area contributed by atoms with E-state index < -0.39 is 10.0 Å². The van der Waals surface area contributed by atoms with Gasteiger partial charge in [-0.15, -0.1) is 11.6 Å². The van der Waals surface area contributed by atoms with E-state index in [2.05, 4.69) is 0 Å². The second kappa shape index (κ2) is 6.76. The minimum Gasteiger partial charge on any atom is -0.495 e. The molecule has 0 N–H and O–H groups in total. The van der Waals surface area contributed by atoms with Crippen LogP contribution in [0.5, 0.6) is 5.75 Å². The molecule has 1 fully saturated rings. The van der Waals surface area contributed by atoms with Gasteiger partial charge in [0.25, 0.3) is 0 Å². The average Bonchev–Trinajstić information content (AvgIpc) is 2.76. The predicted molar refractivity (Wildman–Crippen MR) is 76.7 cm³/mol. The van der Waals surface area contributed by atoms with Crippen LogP contribution in [0.1, 0.15) is 12.0 Å². The molecule has 5 nitrogen and oxygen atoms in total. The molecule has 0 spiro atoms. The Hall–Kier alpha value is -0.820. The first-order valence-corrected chi connectivity index (χ1v) is 8.38. The molecule has 0 saturated carbocycles. The Labute approximate surface area is 124 Å². The second-order valence-corrected chi connectivity index (χ2v) is 6.66. The fraction of sp³-hybridized carbons (Fsp3) is 0.538. The second-order valence-electron chi connectivity index (χ2n) is 4.49. The lowest BCUT2D eigenvalue weighted by molar-refractivity contribution is 0.148. The molecule has 1 aliphatic heterocycles. The van der Waals surface area contributed by atoms with Gasteiger partial charge >= 0.3 is 0 Å². The number of benzene rings is 1. The average molecular weight is 320 g/mol. The maximum Gasteiger partial charge on any atom is 0.246 e. The van der Waals surface area contributed by atoms with E-state index in [1.807, 2.05) is 0 Å². The number of ether oxygens (including phenoxy) is 2. The first kappa shape index (κ1) is 15.6. The molecule has 7 heteroatoms. The lowest BCUT2D eigenvalue weighted by Gasteiger charge is -2.21. The van der Waals surface area contributed by atoms with Crippen molar-refractivity contribution >= 4 is 21.6 Å². The van der Waals surface area contributed by atoms with Crippen LogP contribution in [0.3, 0.4) is 0 Å². The molecule has 1 heterocycles. The molecule has 0 bridgehead atoms. The molecule has 0 radical (unpaired) electrons. The zero-order valence-electron chi connectivity index (χ0n) is 11.3. The van der Waals surface area contributed by atoms with Gasteiger partial charge in [-0.05, 0) is 24.1 Å². The molecule has 0 aliphatic carbocycles. The molecule has 1 aromatic rings. The highest BCUT2D eigenvalue weighted by molar-refractivity contribution is 7.89. The van der Waals surface area contributed by atoms with Crippen LogP contribution in [0, 0.1) is 0 Å². The number of rotatable bonds is 4. The van der Waals surface area contributed by atoms with E-state index in [9.17, 15) is 8.42 Å². The van der Waals surface area contributed by atoms with E-state index in [1.165, 1.54) is 11.4 Å². The van der Waals surface area contributed by atoms with Crippen LogP contribution in [0.2, 0.25) is 0 Å². The smallest absolute Gasteiger partial charge is 0.246 e. The zero-order valence-corrected chi connectivity index (χ0v) is 12.9. The summed E-state index contributed by atoms with van der Waals surface area (Å²) in [5, 5.41) is 0. The molecule has 1 saturated heterocycles. The van der Waals surface area contributed by atoms with E-state index in [0.717, 1.165) is 5.56 Å². The molecular formula is C13H18ClNO4S. The highest BCUT2D eigenvalue weighted by atomic mass is 35.5. The highest BCUT2D eigenvalue weighted by Crippen LogP contribution is 2.28. The van der Waals surface area contributed by atoms with Crippen LogP contribution in [0.4, 0.5) is 0 Å². The van der Waals surface area contributed by atoms with E-state index in [4.69, 9.17) is 21.1 Å². The summed E-state index contributed by atoms with van der Waals surface area (Å²) < 4.78 is 37.4. The minimum absolute atomic E-state index is 0.167. The quantitative estimate of drug-likeness (QED) is 0.795. The number of alkyl halides is 1. The van der Waals surface area contributed by atoms with E-state index in [0.29, 0.717) is 38.5 Å². The molecule has 0 unspecified atom stereocenters. The first-order chi connectivity index (χ1) is 9.59. The fourth-order valence-electron chi connectivity index (χ4n) is 2.11. The van der Waals surface area contributed by atoms with Gasteiger partial charge in [0.1, 0.15) is 10.6 Å². The van der Waals surface area contributed by atoms with Crippen molar-refractivity contribution in [2.45, 2.75) is 17.2 Å². The van der Waals surface area contributed by atoms with Crippen molar-refractivity contribution < 1.29 is 17.9 Å². The Kier molecular flexibility index (Phi) is 5.26. The van der Waals surface area contributed by atoms with Gasteiger partial charge in [-0.3, -0.25) is 0 Å². The highest BCUT2D eigenvalue weighted by Gasteiger charge is 2.28. The number of sulfonamides is 1. The van der Waals surface area contributed by atoms with Crippen molar-refractivity contribution in [1.82, 2.24) is 4.31 Å². The Morgan fingerprint density at radius 2 is 2.15 bits per heavy atom. The molecule has 1 aromatic carbocycles. The van der Waals surface area contributed by atoms with Crippen molar-refractivity contribution in [2.75, 3.05) is 33.4 Å². The van der Waals surface area contributed by atoms with Crippen LogP contribution >= 0.6 is 11.6 Å². The molecule has 2 rings (SSSR count). The van der Waals surface area contributed by atoms with Gasteiger partial charge in [-0.25, -0.2) is 8.42 Å². The molecule has 112 valence electrons. The van der Waals surface area contributed by atoms with Crippen LogP contribution in [-0.4, -0.2) is 46.1 Å². The minimum atomic E-state index is -3.59. The number of methoxy groups -OCH3 is 1. The summed E-state index contributed by atoms with van der Waals surface area (Å²) in [7, 11) is -2.13. The third-order valence-corrected chi connectivity index (χ3v) is 5.41. The maximum absolute atomic E-state index is 12.7. The van der Waals surface area contributed by atoms with E-state index >= 15 is 0 Å². The number of hydrogen-bond donors (Lipinski definition) is 0. The fourth-order valence-corrected chi connectivity index (χ4v) is 3.94. The van der Waals surface area contributed by atoms with Gasteiger partial charge in [0.05, 0.1) is 13.7 Å². The maximum atomic E-state index is 12.7. The molecule has 1 aliphatic rings. The van der Waals surface area contributed by atoms with E-state index in [-0.39, 0.29) is 10.8 Å². The van der Waals surface area contributed by atoms with Crippen LogP contribution in [0.15, 0.2) is 23.1 Å². The van der Waals surface area contributed by atoms with Crippen LogP contribution in [-0.2, 0) is 20.6 Å². The molecule has 0 aromatic heterocycles. The van der Waals surface area contributed by atoms with Crippen molar-refractivity contribution in [1.29, 1.82) is 0 Å². The number of hydrogen-bond acceptors (Lipinski definition) is 4. The van der Waals surface area contributed by atoms with Gasteiger partial charge in [0.15, 0.2) is 0 Å². The summed E-state index contributed by atoms with van der Waals surface area (Å²) >= 11 is 5.79. The monoisotopic (exact) mass is 319 g/mol. The summed E-state index contributed by atoms with van der Waals surface area (Å²) in [6.45, 7) is 1.81. The van der Waals surface area contributed by atoms with Crippen LogP contribution in [0.25, 0.3) is 0 Å². The number of halogens is 1. The largest absolute Gasteiger partial charge is 0.495 e. The topological polar surface area (TPSA) is 55.8 Å². The number of nitrogens with zero attached hydrogens (tertiary/aromatic N) is 1. The Balaban J connectivity index is 2.41. The van der Waals surface area contributed by atoms with Crippen molar-refractivity contribution in [3.05, 3.63) is 23.8 Å². The standard InChI is InChI=1S/C13H18ClNO4S/c1-18-12-4-3-11(10-14)9-13(12)20(16,17)15-5-2-7-19-8-6-15/h3-4,9H,2,5-8,10H2,1H3. The lowest BCUT2D eigenvalue weighted by atomic mass is 10.2. The molecule has 0 atom stereocenters.